The molecule has 10 heteroatoms. The Morgan fingerprint density at radius 2 is 1.86 bits per heavy atom. The molecule has 1 N–H and O–H groups in total. The minimum atomic E-state index is -0.304. The van der Waals surface area contributed by atoms with Gasteiger partial charge in [0.1, 0.15) is 12.1 Å². The third-order valence-corrected chi connectivity index (χ3v) is 5.77. The van der Waals surface area contributed by atoms with Gasteiger partial charge in [0.15, 0.2) is 23.0 Å². The average Bonchev–Trinajstić information content (AvgIpc) is 3.52. The van der Waals surface area contributed by atoms with Gasteiger partial charge in [-0.05, 0) is 48.4 Å². The number of rotatable bonds is 8. The quantitative estimate of drug-likeness (QED) is 0.416. The van der Waals surface area contributed by atoms with Gasteiger partial charge in [-0.15, -0.1) is 0 Å². The number of nitrogens with one attached hydrogen (secondary N) is 1. The van der Waals surface area contributed by atoms with Crippen LogP contribution in [0.4, 0.5) is 0 Å². The second-order valence-corrected chi connectivity index (χ2v) is 7.95. The molecule has 0 saturated carbocycles. The third-order valence-electron chi connectivity index (χ3n) is 5.77. The van der Waals surface area contributed by atoms with Gasteiger partial charge in [0, 0.05) is 24.5 Å². The standard InChI is InChI=1S/C25H24N4O6/c1-32-20-5-3-16(11-22(20)33-2)7-8-26-24(30)14-28-9-10-29-19(25(28)31)13-18(27-29)17-4-6-21-23(12-17)35-15-34-21/h3-6,9-13H,7-8,14-15H2,1-2H3,(H,26,30). The summed E-state index contributed by atoms with van der Waals surface area (Å²) in [4.78, 5) is 25.5. The van der Waals surface area contributed by atoms with E-state index in [1.165, 1.54) is 9.08 Å². The van der Waals surface area contributed by atoms with Gasteiger partial charge in [0.25, 0.3) is 5.56 Å². The summed E-state index contributed by atoms with van der Waals surface area (Å²) < 4.78 is 24.2. The maximum Gasteiger partial charge on any atom is 0.277 e. The summed E-state index contributed by atoms with van der Waals surface area (Å²) in [5.74, 6) is 2.35. The molecule has 0 radical (unpaired) electrons. The van der Waals surface area contributed by atoms with E-state index in [-0.39, 0.29) is 24.8 Å². The maximum atomic E-state index is 13.0. The molecule has 0 spiro atoms. The van der Waals surface area contributed by atoms with Gasteiger partial charge in [-0.3, -0.25) is 9.59 Å². The highest BCUT2D eigenvalue weighted by Crippen LogP contribution is 2.35. The second-order valence-electron chi connectivity index (χ2n) is 7.95. The molecule has 0 saturated heterocycles. The molecule has 5 rings (SSSR count). The molecule has 0 atom stereocenters. The Balaban J connectivity index is 1.25. The number of nitrogens with zero attached hydrogens (tertiary/aromatic N) is 3. The zero-order valence-corrected chi connectivity index (χ0v) is 19.3. The van der Waals surface area contributed by atoms with E-state index >= 15 is 0 Å². The van der Waals surface area contributed by atoms with Crippen molar-refractivity contribution in [3.8, 4) is 34.3 Å². The molecule has 2 aromatic carbocycles. The molecule has 0 fully saturated rings. The number of fused-ring (bicyclic) bond motifs is 2. The molecule has 1 amide bonds. The van der Waals surface area contributed by atoms with Crippen LogP contribution in [0.15, 0.2) is 59.7 Å². The number of benzene rings is 2. The number of hydrogen-bond acceptors (Lipinski definition) is 7. The predicted octanol–water partition coefficient (Wildman–Crippen LogP) is 2.27. The fourth-order valence-electron chi connectivity index (χ4n) is 3.94. The van der Waals surface area contributed by atoms with Crippen LogP contribution in [0.3, 0.4) is 0 Å². The minimum absolute atomic E-state index is 0.0915. The average molecular weight is 476 g/mol. The summed E-state index contributed by atoms with van der Waals surface area (Å²) in [7, 11) is 3.16. The van der Waals surface area contributed by atoms with E-state index in [1.54, 1.807) is 32.7 Å². The minimum Gasteiger partial charge on any atom is -0.493 e. The van der Waals surface area contributed by atoms with Crippen LogP contribution in [0, 0.1) is 0 Å². The first kappa shape index (κ1) is 22.3. The number of carbonyl (C=O) groups excluding carboxylic acids is 1. The van der Waals surface area contributed by atoms with Crippen molar-refractivity contribution in [1.82, 2.24) is 19.5 Å². The molecule has 1 aliphatic rings. The van der Waals surface area contributed by atoms with Gasteiger partial charge < -0.3 is 28.8 Å². The van der Waals surface area contributed by atoms with Gasteiger partial charge >= 0.3 is 0 Å². The Morgan fingerprint density at radius 1 is 1.03 bits per heavy atom. The molecule has 35 heavy (non-hydrogen) atoms. The predicted molar refractivity (Wildman–Crippen MR) is 127 cm³/mol. The van der Waals surface area contributed by atoms with Crippen molar-refractivity contribution in [2.24, 2.45) is 0 Å². The van der Waals surface area contributed by atoms with Gasteiger partial charge in [-0.2, -0.15) is 5.10 Å². The number of amides is 1. The first-order valence-electron chi connectivity index (χ1n) is 11.0. The first-order chi connectivity index (χ1) is 17.1. The van der Waals surface area contributed by atoms with Crippen LogP contribution in [0.25, 0.3) is 16.8 Å². The summed E-state index contributed by atoms with van der Waals surface area (Å²) in [6.07, 6.45) is 3.82. The highest BCUT2D eigenvalue weighted by Gasteiger charge is 2.16. The number of methoxy groups -OCH3 is 2. The lowest BCUT2D eigenvalue weighted by atomic mass is 10.1. The van der Waals surface area contributed by atoms with E-state index in [4.69, 9.17) is 18.9 Å². The first-order valence-corrected chi connectivity index (χ1v) is 11.0. The van der Waals surface area contributed by atoms with Crippen LogP contribution in [0.1, 0.15) is 5.56 Å². The lowest BCUT2D eigenvalue weighted by molar-refractivity contribution is -0.121. The Hall–Kier alpha value is -4.47. The van der Waals surface area contributed by atoms with Crippen LogP contribution in [-0.2, 0) is 17.8 Å². The summed E-state index contributed by atoms with van der Waals surface area (Å²) in [5, 5.41) is 7.34. The van der Waals surface area contributed by atoms with Crippen LogP contribution < -0.4 is 29.8 Å². The fraction of sp³-hybridized carbons (Fsp3) is 0.240. The molecule has 4 aromatic rings. The smallest absolute Gasteiger partial charge is 0.277 e. The second kappa shape index (κ2) is 9.41. The highest BCUT2D eigenvalue weighted by atomic mass is 16.7. The van der Waals surface area contributed by atoms with Crippen molar-refractivity contribution in [3.05, 3.63) is 70.8 Å². The third kappa shape index (κ3) is 4.50. The molecule has 0 aliphatic carbocycles. The molecule has 2 aromatic heterocycles. The number of carbonyl (C=O) groups is 1. The molecule has 1 aliphatic heterocycles. The Kier molecular flexibility index (Phi) is 6.01. The summed E-state index contributed by atoms with van der Waals surface area (Å²) >= 11 is 0. The normalized spacial score (nSPS) is 12.1. The molecular formula is C25H24N4O6. The molecule has 0 bridgehead atoms. The van der Waals surface area contributed by atoms with Crippen LogP contribution in [0.2, 0.25) is 0 Å². The zero-order valence-electron chi connectivity index (χ0n) is 19.3. The Bertz CT molecular complexity index is 1460. The van der Waals surface area contributed by atoms with E-state index in [0.717, 1.165) is 11.1 Å². The van der Waals surface area contributed by atoms with Gasteiger partial charge in [0.2, 0.25) is 12.7 Å². The number of aromatic nitrogens is 3. The number of hydrogen-bond donors (Lipinski definition) is 1. The topological polar surface area (TPSA) is 105 Å². The summed E-state index contributed by atoms with van der Waals surface area (Å²) in [6.45, 7) is 0.517. The Labute approximate surface area is 200 Å². The largest absolute Gasteiger partial charge is 0.493 e. The Morgan fingerprint density at radius 3 is 2.69 bits per heavy atom. The summed E-state index contributed by atoms with van der Waals surface area (Å²) in [5.41, 5.74) is 2.49. The maximum absolute atomic E-state index is 13.0. The summed E-state index contributed by atoms with van der Waals surface area (Å²) in [6, 6.07) is 12.8. The van der Waals surface area contributed by atoms with E-state index in [9.17, 15) is 9.59 Å². The van der Waals surface area contributed by atoms with Crippen LogP contribution >= 0.6 is 0 Å². The van der Waals surface area contributed by atoms with Gasteiger partial charge in [-0.1, -0.05) is 6.07 Å². The number of ether oxygens (including phenoxy) is 4. The molecular weight excluding hydrogens is 452 g/mol. The zero-order chi connectivity index (χ0) is 24.4. The van der Waals surface area contributed by atoms with E-state index < -0.39 is 0 Å². The molecule has 0 unspecified atom stereocenters. The molecule has 180 valence electrons. The molecule has 3 heterocycles. The fourth-order valence-corrected chi connectivity index (χ4v) is 3.94. The van der Waals surface area contributed by atoms with Crippen LogP contribution in [-0.4, -0.2) is 47.6 Å². The van der Waals surface area contributed by atoms with Crippen molar-refractivity contribution < 1.29 is 23.7 Å². The SMILES string of the molecule is COc1ccc(CCNC(=O)Cn2ccn3nc(-c4ccc5c(c4)OCO5)cc3c2=O)cc1OC. The lowest BCUT2D eigenvalue weighted by Gasteiger charge is -2.10. The van der Waals surface area contributed by atoms with E-state index in [1.807, 2.05) is 36.4 Å². The van der Waals surface area contributed by atoms with Crippen molar-refractivity contribution in [3.63, 3.8) is 0 Å². The lowest BCUT2D eigenvalue weighted by Crippen LogP contribution is -2.33. The monoisotopic (exact) mass is 476 g/mol. The van der Waals surface area contributed by atoms with Crippen LogP contribution in [0.5, 0.6) is 23.0 Å². The van der Waals surface area contributed by atoms with E-state index in [2.05, 4.69) is 10.4 Å². The van der Waals surface area contributed by atoms with Crippen molar-refractivity contribution in [2.75, 3.05) is 27.6 Å². The van der Waals surface area contributed by atoms with Gasteiger partial charge in [0.05, 0.1) is 19.9 Å². The van der Waals surface area contributed by atoms with Crippen molar-refractivity contribution >= 4 is 11.4 Å². The van der Waals surface area contributed by atoms with Crippen molar-refractivity contribution in [1.29, 1.82) is 0 Å². The highest BCUT2D eigenvalue weighted by molar-refractivity contribution is 5.76. The van der Waals surface area contributed by atoms with Gasteiger partial charge in [-0.25, -0.2) is 4.52 Å². The van der Waals surface area contributed by atoms with Crippen molar-refractivity contribution in [2.45, 2.75) is 13.0 Å². The van der Waals surface area contributed by atoms with E-state index in [0.29, 0.717) is 47.2 Å². The molecule has 10 nitrogen and oxygen atoms in total.